The molecule has 1 rings (SSSR count). The first-order valence-electron chi connectivity index (χ1n) is 3.79. The van der Waals surface area contributed by atoms with Gasteiger partial charge in [-0.05, 0) is 0 Å². The fraction of sp³-hybridized carbons (Fsp3) is 0.250. The van der Waals surface area contributed by atoms with Gasteiger partial charge in [-0.25, -0.2) is 18.6 Å². The summed E-state index contributed by atoms with van der Waals surface area (Å²) in [6.07, 6.45) is -3.05. The van der Waals surface area contributed by atoms with Crippen molar-refractivity contribution >= 4 is 11.7 Å². The van der Waals surface area contributed by atoms with Crippen molar-refractivity contribution in [2.45, 2.75) is 6.43 Å². The van der Waals surface area contributed by atoms with E-state index < -0.39 is 35.3 Å². The molecule has 0 bridgehead atoms. The third-order valence-corrected chi connectivity index (χ3v) is 1.67. The molecule has 1 aromatic rings. The summed E-state index contributed by atoms with van der Waals surface area (Å²) in [5, 5.41) is 0. The molecule has 0 aliphatic carbocycles. The van der Waals surface area contributed by atoms with E-state index in [0.29, 0.717) is 6.07 Å². The molecule has 0 spiro atoms. The lowest BCUT2D eigenvalue weighted by Gasteiger charge is -2.08. The van der Waals surface area contributed by atoms with Crippen molar-refractivity contribution in [1.29, 1.82) is 0 Å². The number of carbonyl (C=O) groups excluding carboxylic acids is 1. The largest absolute Gasteiger partial charge is 0.465 e. The van der Waals surface area contributed by atoms with Crippen LogP contribution >= 0.6 is 0 Å². The number of hydrogen-bond donors (Lipinski definition) is 1. The van der Waals surface area contributed by atoms with Crippen LogP contribution in [0.25, 0.3) is 0 Å². The number of nitrogens with two attached hydrogens (primary N) is 1. The number of methoxy groups -OCH3 is 1. The van der Waals surface area contributed by atoms with Crippen molar-refractivity contribution < 1.29 is 22.7 Å². The second-order valence-corrected chi connectivity index (χ2v) is 2.58. The Balaban J connectivity index is 3.34. The van der Waals surface area contributed by atoms with Gasteiger partial charge in [0, 0.05) is 6.07 Å². The first-order chi connectivity index (χ1) is 6.97. The van der Waals surface area contributed by atoms with Gasteiger partial charge in [-0.3, -0.25) is 0 Å². The molecular formula is C8H7F3N2O2. The standard InChI is InChI=1S/C8H7F3N2O2/c1-15-8(14)3-2-4(9)13-6(5(3)12)7(10)11/h2,7H,12H2,1H3. The van der Waals surface area contributed by atoms with Gasteiger partial charge < -0.3 is 10.5 Å². The van der Waals surface area contributed by atoms with E-state index in [2.05, 4.69) is 9.72 Å². The molecule has 0 radical (unpaired) electrons. The minimum atomic E-state index is -3.05. The summed E-state index contributed by atoms with van der Waals surface area (Å²) in [4.78, 5) is 13.9. The molecule has 0 aliphatic rings. The molecule has 0 atom stereocenters. The van der Waals surface area contributed by atoms with Crippen LogP contribution in [0, 0.1) is 5.95 Å². The third kappa shape index (κ3) is 2.17. The van der Waals surface area contributed by atoms with Crippen LogP contribution in [-0.4, -0.2) is 18.1 Å². The number of nitrogens with zero attached hydrogens (tertiary/aromatic N) is 1. The van der Waals surface area contributed by atoms with Crippen LogP contribution in [0.5, 0.6) is 0 Å². The molecule has 7 heteroatoms. The Labute approximate surface area is 82.9 Å². The molecule has 4 nitrogen and oxygen atoms in total. The first-order valence-corrected chi connectivity index (χ1v) is 3.79. The van der Waals surface area contributed by atoms with Crippen molar-refractivity contribution in [2.75, 3.05) is 12.8 Å². The van der Waals surface area contributed by atoms with Gasteiger partial charge in [-0.15, -0.1) is 0 Å². The molecule has 0 fully saturated rings. The van der Waals surface area contributed by atoms with E-state index in [1.165, 1.54) is 0 Å². The topological polar surface area (TPSA) is 65.2 Å². The molecule has 1 heterocycles. The number of esters is 1. The normalized spacial score (nSPS) is 10.5. The lowest BCUT2D eigenvalue weighted by Crippen LogP contribution is -2.11. The number of ether oxygens (including phenoxy) is 1. The second kappa shape index (κ2) is 4.16. The van der Waals surface area contributed by atoms with E-state index in [-0.39, 0.29) is 0 Å². The number of hydrogen-bond acceptors (Lipinski definition) is 4. The SMILES string of the molecule is COC(=O)c1cc(F)nc(C(F)F)c1N. The molecule has 0 saturated heterocycles. The first kappa shape index (κ1) is 11.3. The summed E-state index contributed by atoms with van der Waals surface area (Å²) in [5.41, 5.74) is 3.23. The van der Waals surface area contributed by atoms with Crippen molar-refractivity contribution in [3.8, 4) is 0 Å². The highest BCUT2D eigenvalue weighted by molar-refractivity contribution is 5.95. The maximum atomic E-state index is 12.8. The van der Waals surface area contributed by atoms with Crippen molar-refractivity contribution in [2.24, 2.45) is 0 Å². The van der Waals surface area contributed by atoms with E-state index in [1.54, 1.807) is 0 Å². The Morgan fingerprint density at radius 3 is 2.67 bits per heavy atom. The van der Waals surface area contributed by atoms with Crippen LogP contribution in [0.3, 0.4) is 0 Å². The van der Waals surface area contributed by atoms with Gasteiger partial charge in [0.05, 0.1) is 18.4 Å². The quantitative estimate of drug-likeness (QED) is 0.606. The minimum Gasteiger partial charge on any atom is -0.465 e. The summed E-state index contributed by atoms with van der Waals surface area (Å²) in [6.45, 7) is 0. The summed E-state index contributed by atoms with van der Waals surface area (Å²) in [5.74, 6) is -2.20. The predicted molar refractivity (Wildman–Crippen MR) is 44.9 cm³/mol. The number of nitrogen functional groups attached to an aromatic ring is 1. The van der Waals surface area contributed by atoms with E-state index in [4.69, 9.17) is 5.73 Å². The van der Waals surface area contributed by atoms with Crippen LogP contribution in [0.2, 0.25) is 0 Å². The van der Waals surface area contributed by atoms with Gasteiger partial charge in [-0.2, -0.15) is 4.39 Å². The van der Waals surface area contributed by atoms with E-state index in [1.807, 2.05) is 0 Å². The van der Waals surface area contributed by atoms with E-state index in [0.717, 1.165) is 7.11 Å². The molecule has 0 aromatic carbocycles. The highest BCUT2D eigenvalue weighted by Crippen LogP contribution is 2.26. The van der Waals surface area contributed by atoms with Gasteiger partial charge in [-0.1, -0.05) is 0 Å². The third-order valence-electron chi connectivity index (χ3n) is 1.67. The molecule has 1 aromatic heterocycles. The smallest absolute Gasteiger partial charge is 0.340 e. The molecule has 0 saturated carbocycles. The van der Waals surface area contributed by atoms with Crippen LogP contribution in [0.15, 0.2) is 6.07 Å². The highest BCUT2D eigenvalue weighted by Gasteiger charge is 2.21. The van der Waals surface area contributed by atoms with Crippen molar-refractivity contribution in [1.82, 2.24) is 4.98 Å². The number of anilines is 1. The maximum absolute atomic E-state index is 12.8. The zero-order chi connectivity index (χ0) is 11.6. The lowest BCUT2D eigenvalue weighted by molar-refractivity contribution is 0.0600. The fourth-order valence-corrected chi connectivity index (χ4v) is 0.988. The molecule has 2 N–H and O–H groups in total. The number of carbonyl (C=O) groups is 1. The Morgan fingerprint density at radius 2 is 2.20 bits per heavy atom. The number of pyridine rings is 1. The zero-order valence-electron chi connectivity index (χ0n) is 7.63. The Kier molecular flexibility index (Phi) is 3.13. The average Bonchev–Trinajstić information content (AvgIpc) is 2.19. The van der Waals surface area contributed by atoms with Gasteiger partial charge >= 0.3 is 5.97 Å². The van der Waals surface area contributed by atoms with Crippen LogP contribution < -0.4 is 5.73 Å². The molecular weight excluding hydrogens is 213 g/mol. The summed E-state index contributed by atoms with van der Waals surface area (Å²) in [7, 11) is 1.03. The summed E-state index contributed by atoms with van der Waals surface area (Å²) < 4.78 is 41.6. The van der Waals surface area contributed by atoms with Gasteiger partial charge in [0.2, 0.25) is 5.95 Å². The number of rotatable bonds is 2. The molecule has 0 unspecified atom stereocenters. The summed E-state index contributed by atoms with van der Waals surface area (Å²) in [6, 6.07) is 0.646. The van der Waals surface area contributed by atoms with Crippen molar-refractivity contribution in [3.63, 3.8) is 0 Å². The van der Waals surface area contributed by atoms with Crippen LogP contribution in [-0.2, 0) is 4.74 Å². The predicted octanol–water partition coefficient (Wildman–Crippen LogP) is 1.53. The van der Waals surface area contributed by atoms with Crippen molar-refractivity contribution in [3.05, 3.63) is 23.3 Å². The van der Waals surface area contributed by atoms with E-state index in [9.17, 15) is 18.0 Å². The molecule has 0 amide bonds. The van der Waals surface area contributed by atoms with Gasteiger partial charge in [0.25, 0.3) is 6.43 Å². The van der Waals surface area contributed by atoms with Crippen LogP contribution in [0.1, 0.15) is 22.5 Å². The molecule has 15 heavy (non-hydrogen) atoms. The second-order valence-electron chi connectivity index (χ2n) is 2.58. The average molecular weight is 220 g/mol. The minimum absolute atomic E-state index is 0.458. The van der Waals surface area contributed by atoms with Gasteiger partial charge in [0.15, 0.2) is 0 Å². The highest BCUT2D eigenvalue weighted by atomic mass is 19.3. The van der Waals surface area contributed by atoms with Gasteiger partial charge in [0.1, 0.15) is 5.69 Å². The Bertz CT molecular complexity index is 396. The molecule has 0 aliphatic heterocycles. The fourth-order valence-electron chi connectivity index (χ4n) is 0.988. The van der Waals surface area contributed by atoms with E-state index >= 15 is 0 Å². The zero-order valence-corrected chi connectivity index (χ0v) is 7.63. The maximum Gasteiger partial charge on any atom is 0.340 e. The Hall–Kier alpha value is -1.79. The Morgan fingerprint density at radius 1 is 1.60 bits per heavy atom. The number of aromatic nitrogens is 1. The van der Waals surface area contributed by atoms with Crippen LogP contribution in [0.4, 0.5) is 18.9 Å². The monoisotopic (exact) mass is 220 g/mol. The number of halogens is 3. The lowest BCUT2D eigenvalue weighted by atomic mass is 10.2. The summed E-state index contributed by atoms with van der Waals surface area (Å²) >= 11 is 0. The number of alkyl halides is 2. The molecule has 82 valence electrons.